The summed E-state index contributed by atoms with van der Waals surface area (Å²) >= 11 is 12.4. The van der Waals surface area contributed by atoms with Gasteiger partial charge in [-0.1, -0.05) is 17.7 Å². The highest BCUT2D eigenvalue weighted by Gasteiger charge is 2.39. The Morgan fingerprint density at radius 2 is 1.67 bits per heavy atom. The van der Waals surface area contributed by atoms with E-state index in [0.29, 0.717) is 5.02 Å². The van der Waals surface area contributed by atoms with Gasteiger partial charge >= 0.3 is 0 Å². The van der Waals surface area contributed by atoms with Crippen LogP contribution in [0.25, 0.3) is 0 Å². The number of rotatable bonds is 3. The van der Waals surface area contributed by atoms with Gasteiger partial charge in [0, 0.05) is 11.3 Å². The monoisotopic (exact) mass is 308 g/mol. The maximum atomic E-state index is 11.8. The molecule has 0 spiro atoms. The van der Waals surface area contributed by atoms with Crippen molar-refractivity contribution in [2.45, 2.75) is 37.8 Å². The molecule has 0 bridgehead atoms. The molecular formula is C13H18Cl2O2S. The molecule has 0 N–H and O–H groups in total. The highest BCUT2D eigenvalue weighted by Crippen LogP contribution is 2.40. The number of alkyl halides is 1. The summed E-state index contributed by atoms with van der Waals surface area (Å²) in [7, 11) is -3.25. The maximum absolute atomic E-state index is 11.8. The lowest BCUT2D eigenvalue weighted by Crippen LogP contribution is -2.35. The van der Waals surface area contributed by atoms with Gasteiger partial charge in [-0.25, -0.2) is 8.42 Å². The molecule has 1 rings (SSSR count). The van der Waals surface area contributed by atoms with Crippen LogP contribution in [0.1, 0.15) is 35.9 Å². The van der Waals surface area contributed by atoms with Gasteiger partial charge in [0.2, 0.25) is 0 Å². The lowest BCUT2D eigenvalue weighted by atomic mass is 9.95. The van der Waals surface area contributed by atoms with Crippen LogP contribution >= 0.6 is 23.2 Å². The van der Waals surface area contributed by atoms with Crippen molar-refractivity contribution in [1.29, 1.82) is 0 Å². The summed E-state index contributed by atoms with van der Waals surface area (Å²) in [6.45, 7) is 7.05. The molecule has 0 amide bonds. The molecule has 0 fully saturated rings. The second-order valence-electron chi connectivity index (χ2n) is 5.20. The molecule has 5 heteroatoms. The van der Waals surface area contributed by atoms with E-state index in [1.54, 1.807) is 13.8 Å². The van der Waals surface area contributed by atoms with Crippen LogP contribution in [0.2, 0.25) is 5.02 Å². The molecular weight excluding hydrogens is 291 g/mol. The van der Waals surface area contributed by atoms with E-state index in [4.69, 9.17) is 23.2 Å². The van der Waals surface area contributed by atoms with Crippen LogP contribution in [-0.2, 0) is 9.84 Å². The highest BCUT2D eigenvalue weighted by molar-refractivity contribution is 7.92. The van der Waals surface area contributed by atoms with E-state index >= 15 is 0 Å². The first-order chi connectivity index (χ1) is 7.98. The predicted molar refractivity (Wildman–Crippen MR) is 78.4 cm³/mol. The summed E-state index contributed by atoms with van der Waals surface area (Å²) in [5, 5.41) is 0.0562. The normalized spacial score (nSPS) is 14.6. The van der Waals surface area contributed by atoms with Gasteiger partial charge in [0.25, 0.3) is 0 Å². The van der Waals surface area contributed by atoms with Crippen molar-refractivity contribution in [1.82, 2.24) is 0 Å². The minimum atomic E-state index is -3.25. The minimum Gasteiger partial charge on any atom is -0.229 e. The molecule has 0 saturated carbocycles. The van der Waals surface area contributed by atoms with Gasteiger partial charge in [0.1, 0.15) is 0 Å². The second-order valence-corrected chi connectivity index (χ2v) is 8.64. The van der Waals surface area contributed by atoms with Crippen LogP contribution in [0.15, 0.2) is 12.1 Å². The van der Waals surface area contributed by atoms with Gasteiger partial charge in [0.05, 0.1) is 10.1 Å². The minimum absolute atomic E-state index is 0.608. The zero-order valence-corrected chi connectivity index (χ0v) is 13.5. The molecule has 1 unspecified atom stereocenters. The first-order valence-corrected chi connectivity index (χ1v) is 8.29. The summed E-state index contributed by atoms with van der Waals surface area (Å²) in [4.78, 5) is 0. The Labute approximate surface area is 119 Å². The molecule has 0 aromatic heterocycles. The topological polar surface area (TPSA) is 34.1 Å². The zero-order valence-electron chi connectivity index (χ0n) is 11.2. The van der Waals surface area contributed by atoms with Gasteiger partial charge in [-0.2, -0.15) is 0 Å². The Morgan fingerprint density at radius 3 is 2.11 bits per heavy atom. The first-order valence-electron chi connectivity index (χ1n) is 5.58. The van der Waals surface area contributed by atoms with Crippen LogP contribution < -0.4 is 0 Å². The fourth-order valence-corrected chi connectivity index (χ4v) is 3.08. The SMILES string of the molecule is Cc1cc(C(Cl)C(C)(C)S(C)(=O)=O)c(C)cc1Cl. The number of hydrogen-bond acceptors (Lipinski definition) is 2. The molecule has 18 heavy (non-hydrogen) atoms. The van der Waals surface area contributed by atoms with Crippen LogP contribution in [0, 0.1) is 13.8 Å². The van der Waals surface area contributed by atoms with Crippen molar-refractivity contribution >= 4 is 33.0 Å². The van der Waals surface area contributed by atoms with Gasteiger partial charge in [-0.15, -0.1) is 11.6 Å². The van der Waals surface area contributed by atoms with Crippen LogP contribution in [-0.4, -0.2) is 19.4 Å². The van der Waals surface area contributed by atoms with E-state index in [2.05, 4.69) is 0 Å². The Bertz CT molecular complexity index is 563. The second kappa shape index (κ2) is 5.03. The molecule has 2 nitrogen and oxygen atoms in total. The number of halogens is 2. The smallest absolute Gasteiger partial charge is 0.154 e. The summed E-state index contributed by atoms with van der Waals surface area (Å²) < 4.78 is 22.6. The van der Waals surface area contributed by atoms with E-state index in [1.165, 1.54) is 6.26 Å². The summed E-state index contributed by atoms with van der Waals surface area (Å²) in [6, 6.07) is 3.68. The van der Waals surface area contributed by atoms with Crippen molar-refractivity contribution in [3.05, 3.63) is 33.8 Å². The molecule has 0 heterocycles. The molecule has 102 valence electrons. The van der Waals surface area contributed by atoms with Gasteiger partial charge < -0.3 is 0 Å². The zero-order chi connectivity index (χ0) is 14.3. The molecule has 0 radical (unpaired) electrons. The van der Waals surface area contributed by atoms with Crippen molar-refractivity contribution in [2.75, 3.05) is 6.26 Å². The van der Waals surface area contributed by atoms with Crippen LogP contribution in [0.4, 0.5) is 0 Å². The molecule has 0 aliphatic carbocycles. The third kappa shape index (κ3) is 2.84. The highest BCUT2D eigenvalue weighted by atomic mass is 35.5. The van der Waals surface area contributed by atoms with Crippen LogP contribution in [0.3, 0.4) is 0 Å². The molecule has 1 aromatic carbocycles. The standard InChI is InChI=1S/C13H18Cl2O2S/c1-8-7-11(14)9(2)6-10(8)12(15)13(3,4)18(5,16)17/h6-7,12H,1-5H3. The molecule has 0 aliphatic rings. The van der Waals surface area contributed by atoms with Gasteiger partial charge in [-0.3, -0.25) is 0 Å². The largest absolute Gasteiger partial charge is 0.229 e. The van der Waals surface area contributed by atoms with E-state index in [-0.39, 0.29) is 0 Å². The Balaban J connectivity index is 3.36. The maximum Gasteiger partial charge on any atom is 0.154 e. The quantitative estimate of drug-likeness (QED) is 0.789. The fraction of sp³-hybridized carbons (Fsp3) is 0.538. The predicted octanol–water partition coefficient (Wildman–Crippen LogP) is 4.06. The number of aryl methyl sites for hydroxylation is 2. The fourth-order valence-electron chi connectivity index (χ4n) is 1.64. The number of benzene rings is 1. The average molecular weight is 309 g/mol. The molecule has 0 saturated heterocycles. The third-order valence-electron chi connectivity index (χ3n) is 3.39. The lowest BCUT2D eigenvalue weighted by molar-refractivity contribution is 0.543. The summed E-state index contributed by atoms with van der Waals surface area (Å²) in [6.07, 6.45) is 1.21. The molecule has 1 aromatic rings. The van der Waals surface area contributed by atoms with E-state index in [9.17, 15) is 8.42 Å². The van der Waals surface area contributed by atoms with Crippen molar-refractivity contribution in [3.63, 3.8) is 0 Å². The Morgan fingerprint density at radius 1 is 1.17 bits per heavy atom. The van der Waals surface area contributed by atoms with E-state index < -0.39 is 20.0 Å². The van der Waals surface area contributed by atoms with Crippen molar-refractivity contribution < 1.29 is 8.42 Å². The van der Waals surface area contributed by atoms with Crippen LogP contribution in [0.5, 0.6) is 0 Å². The summed E-state index contributed by atoms with van der Waals surface area (Å²) in [5.41, 5.74) is 2.61. The lowest BCUT2D eigenvalue weighted by Gasteiger charge is -2.29. The summed E-state index contributed by atoms with van der Waals surface area (Å²) in [5.74, 6) is 0. The van der Waals surface area contributed by atoms with Crippen molar-refractivity contribution in [3.8, 4) is 0 Å². The molecule has 1 atom stereocenters. The Hall–Kier alpha value is -0.250. The first kappa shape index (κ1) is 15.8. The van der Waals surface area contributed by atoms with Crippen molar-refractivity contribution in [2.24, 2.45) is 0 Å². The Kier molecular flexibility index (Phi) is 4.41. The number of hydrogen-bond donors (Lipinski definition) is 0. The van der Waals surface area contributed by atoms with E-state index in [0.717, 1.165) is 16.7 Å². The number of sulfone groups is 1. The van der Waals surface area contributed by atoms with Gasteiger partial charge in [-0.05, 0) is 50.5 Å². The van der Waals surface area contributed by atoms with Gasteiger partial charge in [0.15, 0.2) is 9.84 Å². The van der Waals surface area contributed by atoms with E-state index in [1.807, 2.05) is 26.0 Å². The average Bonchev–Trinajstić information content (AvgIpc) is 2.20. The third-order valence-corrected chi connectivity index (χ3v) is 6.85. The molecule has 0 aliphatic heterocycles.